The van der Waals surface area contributed by atoms with Crippen molar-refractivity contribution < 1.29 is 4.79 Å². The number of amides is 1. The van der Waals surface area contributed by atoms with Crippen molar-refractivity contribution >= 4 is 17.5 Å². The Labute approximate surface area is 111 Å². The molecule has 1 aliphatic rings. The number of hydrogen-bond acceptors (Lipinski definition) is 3. The molecule has 0 aliphatic heterocycles. The lowest BCUT2D eigenvalue weighted by atomic mass is 9.91. The number of nitriles is 1. The fourth-order valence-corrected chi connectivity index (χ4v) is 2.16. The number of alkyl halides is 1. The quantitative estimate of drug-likeness (QED) is 0.783. The van der Waals surface area contributed by atoms with Gasteiger partial charge in [-0.05, 0) is 31.4 Å². The third kappa shape index (κ3) is 2.62. The smallest absolute Gasteiger partial charge is 0.272 e. The van der Waals surface area contributed by atoms with Gasteiger partial charge in [-0.3, -0.25) is 4.79 Å². The van der Waals surface area contributed by atoms with Crippen molar-refractivity contribution in [1.29, 1.82) is 5.26 Å². The fraction of sp³-hybridized carbons (Fsp3) is 0.462. The molecule has 0 unspecified atom stereocenters. The van der Waals surface area contributed by atoms with Crippen LogP contribution in [0.25, 0.3) is 0 Å². The first-order valence-corrected chi connectivity index (χ1v) is 6.53. The number of halogens is 1. The number of rotatable bonds is 4. The molecule has 1 amide bonds. The average molecular weight is 264 g/mol. The molecule has 1 saturated carbocycles. The van der Waals surface area contributed by atoms with Gasteiger partial charge in [0.05, 0.1) is 5.56 Å². The summed E-state index contributed by atoms with van der Waals surface area (Å²) in [4.78, 5) is 18.1. The van der Waals surface area contributed by atoms with E-state index >= 15 is 0 Å². The maximum atomic E-state index is 12.3. The minimum Gasteiger partial charge on any atom is -0.333 e. The lowest BCUT2D eigenvalue weighted by molar-refractivity contribution is 0.0592. The van der Waals surface area contributed by atoms with Crippen molar-refractivity contribution in [2.45, 2.75) is 25.3 Å². The van der Waals surface area contributed by atoms with Crippen molar-refractivity contribution in [2.75, 3.05) is 12.4 Å². The van der Waals surface area contributed by atoms with Crippen LogP contribution in [0.1, 0.15) is 35.3 Å². The van der Waals surface area contributed by atoms with E-state index in [4.69, 9.17) is 16.9 Å². The minimum atomic E-state index is -0.0927. The third-order valence-corrected chi connectivity index (χ3v) is 3.38. The van der Waals surface area contributed by atoms with Crippen molar-refractivity contribution in [3.05, 3.63) is 29.6 Å². The highest BCUT2D eigenvalue weighted by Crippen LogP contribution is 2.25. The van der Waals surface area contributed by atoms with Gasteiger partial charge < -0.3 is 4.90 Å². The predicted octanol–water partition coefficient (Wildman–Crippen LogP) is 2.19. The largest absolute Gasteiger partial charge is 0.333 e. The van der Waals surface area contributed by atoms with E-state index in [0.717, 1.165) is 19.3 Å². The first kappa shape index (κ1) is 12.8. The molecular weight excluding hydrogens is 250 g/mol. The molecule has 1 aromatic rings. The van der Waals surface area contributed by atoms with Gasteiger partial charge >= 0.3 is 0 Å². The first-order chi connectivity index (χ1) is 8.76. The van der Waals surface area contributed by atoms with E-state index < -0.39 is 0 Å². The molecule has 1 fully saturated rings. The molecular formula is C13H14ClN3O. The standard InChI is InChI=1S/C13H14ClN3O/c14-6-7-17(11-2-1-3-11)13(18)12-5-4-10(8-15)9-16-12/h4-5,9,11H,1-3,6-7H2. The molecule has 18 heavy (non-hydrogen) atoms. The number of hydrogen-bond donors (Lipinski definition) is 0. The molecule has 1 aliphatic carbocycles. The Morgan fingerprint density at radius 1 is 1.56 bits per heavy atom. The highest BCUT2D eigenvalue weighted by molar-refractivity contribution is 6.18. The lowest BCUT2D eigenvalue weighted by Gasteiger charge is -2.37. The zero-order chi connectivity index (χ0) is 13.0. The molecule has 94 valence electrons. The Morgan fingerprint density at radius 2 is 2.33 bits per heavy atom. The molecule has 4 nitrogen and oxygen atoms in total. The highest BCUT2D eigenvalue weighted by Gasteiger charge is 2.29. The highest BCUT2D eigenvalue weighted by atomic mass is 35.5. The van der Waals surface area contributed by atoms with Crippen LogP contribution in [0.4, 0.5) is 0 Å². The van der Waals surface area contributed by atoms with Gasteiger partial charge in [0.1, 0.15) is 11.8 Å². The zero-order valence-corrected chi connectivity index (χ0v) is 10.7. The van der Waals surface area contributed by atoms with Crippen LogP contribution in [0.5, 0.6) is 0 Å². The Balaban J connectivity index is 2.13. The molecule has 1 aromatic heterocycles. The monoisotopic (exact) mass is 263 g/mol. The van der Waals surface area contributed by atoms with Gasteiger partial charge in [-0.15, -0.1) is 11.6 Å². The van der Waals surface area contributed by atoms with E-state index in [1.165, 1.54) is 6.20 Å². The van der Waals surface area contributed by atoms with Crippen LogP contribution < -0.4 is 0 Å². The summed E-state index contributed by atoms with van der Waals surface area (Å²) < 4.78 is 0. The molecule has 0 spiro atoms. The summed E-state index contributed by atoms with van der Waals surface area (Å²) in [6, 6.07) is 5.49. The number of aromatic nitrogens is 1. The van der Waals surface area contributed by atoms with E-state index in [1.54, 1.807) is 17.0 Å². The second kappa shape index (κ2) is 5.83. The summed E-state index contributed by atoms with van der Waals surface area (Å²) >= 11 is 5.74. The molecule has 0 bridgehead atoms. The Bertz CT molecular complexity index is 462. The lowest BCUT2D eigenvalue weighted by Crippen LogP contribution is -2.45. The predicted molar refractivity (Wildman–Crippen MR) is 68.3 cm³/mol. The van der Waals surface area contributed by atoms with Crippen molar-refractivity contribution in [3.8, 4) is 6.07 Å². The maximum absolute atomic E-state index is 12.3. The van der Waals surface area contributed by atoms with Crippen LogP contribution in [0.15, 0.2) is 18.3 Å². The summed E-state index contributed by atoms with van der Waals surface area (Å²) in [7, 11) is 0. The van der Waals surface area contributed by atoms with Gasteiger partial charge in [0.15, 0.2) is 0 Å². The summed E-state index contributed by atoms with van der Waals surface area (Å²) in [5.41, 5.74) is 0.838. The van der Waals surface area contributed by atoms with E-state index in [9.17, 15) is 4.79 Å². The van der Waals surface area contributed by atoms with Gasteiger partial charge in [-0.2, -0.15) is 5.26 Å². The van der Waals surface area contributed by atoms with Crippen molar-refractivity contribution in [2.24, 2.45) is 0 Å². The average Bonchev–Trinajstić information content (AvgIpc) is 2.35. The van der Waals surface area contributed by atoms with Gasteiger partial charge in [0, 0.05) is 24.7 Å². The van der Waals surface area contributed by atoms with Crippen LogP contribution in [0, 0.1) is 11.3 Å². The van der Waals surface area contributed by atoms with Crippen LogP contribution in [-0.2, 0) is 0 Å². The Hall–Kier alpha value is -1.60. The molecule has 1 heterocycles. The molecule has 2 rings (SSSR count). The second-order valence-corrected chi connectivity index (χ2v) is 4.69. The normalized spacial score (nSPS) is 14.7. The molecule has 0 radical (unpaired) electrons. The molecule has 0 aromatic carbocycles. The second-order valence-electron chi connectivity index (χ2n) is 4.32. The van der Waals surface area contributed by atoms with Crippen LogP contribution in [0.3, 0.4) is 0 Å². The van der Waals surface area contributed by atoms with E-state index in [2.05, 4.69) is 4.98 Å². The van der Waals surface area contributed by atoms with Crippen LogP contribution >= 0.6 is 11.6 Å². The van der Waals surface area contributed by atoms with E-state index in [0.29, 0.717) is 29.7 Å². The summed E-state index contributed by atoms with van der Waals surface area (Å²) in [6.07, 6.45) is 4.67. The van der Waals surface area contributed by atoms with Gasteiger partial charge in [-0.25, -0.2) is 4.98 Å². The third-order valence-electron chi connectivity index (χ3n) is 3.21. The van der Waals surface area contributed by atoms with E-state index in [1.807, 2.05) is 6.07 Å². The summed E-state index contributed by atoms with van der Waals surface area (Å²) in [5.74, 6) is 0.336. The topological polar surface area (TPSA) is 57.0 Å². The van der Waals surface area contributed by atoms with Crippen molar-refractivity contribution in [3.63, 3.8) is 0 Å². The van der Waals surface area contributed by atoms with Gasteiger partial charge in [-0.1, -0.05) is 0 Å². The van der Waals surface area contributed by atoms with Gasteiger partial charge in [0.25, 0.3) is 5.91 Å². The number of carbonyl (C=O) groups excluding carboxylic acids is 1. The summed E-state index contributed by atoms with van der Waals surface area (Å²) in [5, 5.41) is 8.69. The number of nitrogens with zero attached hydrogens (tertiary/aromatic N) is 3. The molecule has 0 saturated heterocycles. The van der Waals surface area contributed by atoms with Crippen LogP contribution in [-0.4, -0.2) is 34.3 Å². The molecule has 0 atom stereocenters. The summed E-state index contributed by atoms with van der Waals surface area (Å²) in [6.45, 7) is 0.548. The Morgan fingerprint density at radius 3 is 2.78 bits per heavy atom. The SMILES string of the molecule is N#Cc1ccc(C(=O)N(CCCl)C2CCC2)nc1. The zero-order valence-electron chi connectivity index (χ0n) is 9.97. The number of pyridine rings is 1. The molecule has 0 N–H and O–H groups in total. The fourth-order valence-electron chi connectivity index (χ4n) is 1.97. The van der Waals surface area contributed by atoms with Gasteiger partial charge in [0.2, 0.25) is 0 Å². The maximum Gasteiger partial charge on any atom is 0.272 e. The minimum absolute atomic E-state index is 0.0927. The van der Waals surface area contributed by atoms with E-state index in [-0.39, 0.29) is 5.91 Å². The first-order valence-electron chi connectivity index (χ1n) is 5.99. The molecule has 5 heteroatoms. The van der Waals surface area contributed by atoms with Crippen molar-refractivity contribution in [1.82, 2.24) is 9.88 Å². The number of carbonyl (C=O) groups is 1. The Kier molecular flexibility index (Phi) is 4.16. The van der Waals surface area contributed by atoms with Crippen LogP contribution in [0.2, 0.25) is 0 Å².